The van der Waals surface area contributed by atoms with Crippen molar-refractivity contribution in [1.29, 1.82) is 0 Å². The summed E-state index contributed by atoms with van der Waals surface area (Å²) in [6, 6.07) is 7.23. The maximum Gasteiger partial charge on any atom is 0.249 e. The van der Waals surface area contributed by atoms with Crippen LogP contribution in [-0.4, -0.2) is 24.4 Å². The Morgan fingerprint density at radius 1 is 1.35 bits per heavy atom. The Balaban J connectivity index is 2.34. The summed E-state index contributed by atoms with van der Waals surface area (Å²) >= 11 is 2.20. The predicted octanol–water partition coefficient (Wildman–Crippen LogP) is 1.53. The molecule has 1 heterocycles. The first kappa shape index (κ1) is 12.3. The van der Waals surface area contributed by atoms with E-state index in [1.54, 1.807) is 11.8 Å². The van der Waals surface area contributed by atoms with Gasteiger partial charge >= 0.3 is 0 Å². The van der Waals surface area contributed by atoms with Crippen LogP contribution in [0.15, 0.2) is 24.3 Å². The second kappa shape index (κ2) is 5.03. The number of nitrogens with one attached hydrogen (secondary N) is 1. The van der Waals surface area contributed by atoms with Gasteiger partial charge in [-0.25, -0.2) is 0 Å². The lowest BCUT2D eigenvalue weighted by Crippen LogP contribution is -2.43. The van der Waals surface area contributed by atoms with E-state index >= 15 is 0 Å². The van der Waals surface area contributed by atoms with Crippen LogP contribution in [-0.2, 0) is 9.59 Å². The van der Waals surface area contributed by atoms with E-state index in [0.717, 1.165) is 9.26 Å². The normalized spacial score (nSPS) is 21.1. The van der Waals surface area contributed by atoms with Crippen molar-refractivity contribution in [3.63, 3.8) is 0 Å². The predicted molar refractivity (Wildman–Crippen MR) is 73.7 cm³/mol. The number of para-hydroxylation sites is 1. The Kier molecular flexibility index (Phi) is 3.66. The zero-order valence-corrected chi connectivity index (χ0v) is 11.6. The molecule has 2 rings (SSSR count). The fourth-order valence-corrected chi connectivity index (χ4v) is 2.52. The molecule has 17 heavy (non-hydrogen) atoms. The third-order valence-corrected chi connectivity index (χ3v) is 3.63. The number of anilines is 1. The molecule has 1 aliphatic rings. The molecule has 1 unspecified atom stereocenters. The lowest BCUT2D eigenvalue weighted by atomic mass is 10.2. The number of hydrogen-bond acceptors (Lipinski definition) is 2. The summed E-state index contributed by atoms with van der Waals surface area (Å²) in [4.78, 5) is 25.2. The lowest BCUT2D eigenvalue weighted by molar-refractivity contribution is -0.125. The lowest BCUT2D eigenvalue weighted by Gasteiger charge is -2.23. The summed E-state index contributed by atoms with van der Waals surface area (Å²) in [5.74, 6) is -0.126. The average Bonchev–Trinajstić information content (AvgIpc) is 2.41. The Labute approximate surface area is 114 Å². The van der Waals surface area contributed by atoms with Gasteiger partial charge < -0.3 is 10.2 Å². The van der Waals surface area contributed by atoms with Gasteiger partial charge in [-0.2, -0.15) is 0 Å². The molecule has 5 heteroatoms. The zero-order valence-electron chi connectivity index (χ0n) is 9.44. The minimum atomic E-state index is -0.457. The first-order chi connectivity index (χ1) is 8.09. The fourth-order valence-electron chi connectivity index (χ4n) is 1.84. The first-order valence-corrected chi connectivity index (χ1v) is 6.53. The monoisotopic (exact) mass is 344 g/mol. The van der Waals surface area contributed by atoms with Crippen molar-refractivity contribution in [2.24, 2.45) is 0 Å². The van der Waals surface area contributed by atoms with Gasteiger partial charge in [0.1, 0.15) is 6.04 Å². The molecule has 1 N–H and O–H groups in total. The van der Waals surface area contributed by atoms with Crippen LogP contribution in [0.25, 0.3) is 0 Å². The third-order valence-electron chi connectivity index (χ3n) is 2.72. The molecular weight excluding hydrogens is 331 g/mol. The van der Waals surface area contributed by atoms with Gasteiger partial charge in [-0.05, 0) is 41.6 Å². The summed E-state index contributed by atoms with van der Waals surface area (Å²) in [6.07, 6.45) is 0.348. The van der Waals surface area contributed by atoms with Gasteiger partial charge in [0.2, 0.25) is 11.8 Å². The van der Waals surface area contributed by atoms with Crippen molar-refractivity contribution >= 4 is 40.1 Å². The molecule has 1 atom stereocenters. The van der Waals surface area contributed by atoms with Gasteiger partial charge in [-0.15, -0.1) is 0 Å². The van der Waals surface area contributed by atoms with Crippen LogP contribution in [0.1, 0.15) is 13.3 Å². The van der Waals surface area contributed by atoms with Crippen molar-refractivity contribution in [2.45, 2.75) is 19.4 Å². The number of amides is 2. The largest absolute Gasteiger partial charge is 0.345 e. The first-order valence-electron chi connectivity index (χ1n) is 5.45. The van der Waals surface area contributed by atoms with E-state index in [9.17, 15) is 9.59 Å². The van der Waals surface area contributed by atoms with Crippen molar-refractivity contribution in [1.82, 2.24) is 5.32 Å². The van der Waals surface area contributed by atoms with Gasteiger partial charge in [0.25, 0.3) is 0 Å². The molecule has 0 spiro atoms. The van der Waals surface area contributed by atoms with Crippen LogP contribution in [0, 0.1) is 3.57 Å². The number of nitrogens with zero attached hydrogens (tertiary/aromatic N) is 1. The van der Waals surface area contributed by atoms with Crippen molar-refractivity contribution < 1.29 is 9.59 Å². The van der Waals surface area contributed by atoms with Gasteiger partial charge in [0.05, 0.1) is 5.69 Å². The van der Waals surface area contributed by atoms with E-state index in [2.05, 4.69) is 27.9 Å². The number of carbonyl (C=O) groups excluding carboxylic acids is 2. The Bertz CT molecular complexity index is 462. The van der Waals surface area contributed by atoms with Crippen LogP contribution in [0.5, 0.6) is 0 Å². The minimum absolute atomic E-state index is 0.0556. The molecule has 0 saturated carbocycles. The molecule has 1 saturated heterocycles. The molecule has 1 aliphatic heterocycles. The zero-order chi connectivity index (χ0) is 12.4. The quantitative estimate of drug-likeness (QED) is 0.786. The molecule has 90 valence electrons. The van der Waals surface area contributed by atoms with Crippen LogP contribution in [0.3, 0.4) is 0 Å². The summed E-state index contributed by atoms with van der Waals surface area (Å²) in [5, 5.41) is 2.68. The van der Waals surface area contributed by atoms with Crippen LogP contribution in [0.4, 0.5) is 5.69 Å². The third kappa shape index (κ3) is 2.59. The number of rotatable bonds is 1. The maximum atomic E-state index is 12.2. The van der Waals surface area contributed by atoms with E-state index in [0.29, 0.717) is 13.0 Å². The number of benzene rings is 1. The van der Waals surface area contributed by atoms with Crippen LogP contribution >= 0.6 is 22.6 Å². The number of hydrogen-bond donors (Lipinski definition) is 1. The van der Waals surface area contributed by atoms with Gasteiger partial charge in [-0.3, -0.25) is 9.59 Å². The summed E-state index contributed by atoms with van der Waals surface area (Å²) in [7, 11) is 0. The van der Waals surface area contributed by atoms with Crippen molar-refractivity contribution in [3.05, 3.63) is 27.8 Å². The summed E-state index contributed by atoms with van der Waals surface area (Å²) in [5.41, 5.74) is 0.876. The molecule has 0 radical (unpaired) electrons. The van der Waals surface area contributed by atoms with Gasteiger partial charge in [0, 0.05) is 16.5 Å². The fraction of sp³-hybridized carbons (Fsp3) is 0.333. The Morgan fingerprint density at radius 2 is 2.06 bits per heavy atom. The van der Waals surface area contributed by atoms with E-state index in [-0.39, 0.29) is 11.8 Å². The molecule has 0 aliphatic carbocycles. The van der Waals surface area contributed by atoms with E-state index < -0.39 is 6.04 Å². The molecule has 4 nitrogen and oxygen atoms in total. The molecule has 1 fully saturated rings. The second-order valence-corrected chi connectivity index (χ2v) is 5.14. The maximum absolute atomic E-state index is 12.2. The highest BCUT2D eigenvalue weighted by molar-refractivity contribution is 14.1. The Hall–Kier alpha value is -1.11. The average molecular weight is 344 g/mol. The summed E-state index contributed by atoms with van der Waals surface area (Å²) < 4.78 is 1.01. The highest BCUT2D eigenvalue weighted by Crippen LogP contribution is 2.23. The molecule has 0 bridgehead atoms. The van der Waals surface area contributed by atoms with Crippen molar-refractivity contribution in [2.75, 3.05) is 11.4 Å². The number of halogens is 1. The second-order valence-electron chi connectivity index (χ2n) is 3.98. The van der Waals surface area contributed by atoms with E-state index in [4.69, 9.17) is 0 Å². The van der Waals surface area contributed by atoms with Crippen molar-refractivity contribution in [3.8, 4) is 0 Å². The molecule has 2 amide bonds. The van der Waals surface area contributed by atoms with E-state index in [1.165, 1.54) is 0 Å². The molecule has 1 aromatic carbocycles. The molecule has 0 aromatic heterocycles. The van der Waals surface area contributed by atoms with Crippen LogP contribution < -0.4 is 10.2 Å². The topological polar surface area (TPSA) is 49.4 Å². The van der Waals surface area contributed by atoms with Crippen LogP contribution in [0.2, 0.25) is 0 Å². The smallest absolute Gasteiger partial charge is 0.249 e. The molecular formula is C12H13IN2O2. The standard InChI is InChI=1S/C12H13IN2O2/c1-8-12(17)15(7-6-11(16)14-8)10-5-3-2-4-9(10)13/h2-5,8H,6-7H2,1H3,(H,14,16). The Morgan fingerprint density at radius 3 is 2.76 bits per heavy atom. The van der Waals surface area contributed by atoms with Gasteiger partial charge in [-0.1, -0.05) is 12.1 Å². The minimum Gasteiger partial charge on any atom is -0.345 e. The van der Waals surface area contributed by atoms with E-state index in [1.807, 2.05) is 24.3 Å². The molecule has 1 aromatic rings. The highest BCUT2D eigenvalue weighted by atomic mass is 127. The highest BCUT2D eigenvalue weighted by Gasteiger charge is 2.28. The number of carbonyl (C=O) groups is 2. The summed E-state index contributed by atoms with van der Waals surface area (Å²) in [6.45, 7) is 2.16. The SMILES string of the molecule is CC1NC(=O)CCN(c2ccccc2I)C1=O. The van der Waals surface area contributed by atoms with Gasteiger partial charge in [0.15, 0.2) is 0 Å².